The van der Waals surface area contributed by atoms with Crippen molar-refractivity contribution in [1.29, 1.82) is 0 Å². The Morgan fingerprint density at radius 2 is 1.65 bits per heavy atom. The Hall–Kier alpha value is -4.49. The Kier molecular flexibility index (Phi) is 12.4. The van der Waals surface area contributed by atoms with Gasteiger partial charge in [-0.05, 0) is 91.6 Å². The van der Waals surface area contributed by atoms with Crippen LogP contribution in [0.1, 0.15) is 70.4 Å². The second-order valence-corrected chi connectivity index (χ2v) is 15.1. The van der Waals surface area contributed by atoms with Crippen molar-refractivity contribution in [3.05, 3.63) is 128 Å². The largest absolute Gasteiger partial charge is 0.619 e. The number of aromatic nitrogens is 1. The van der Waals surface area contributed by atoms with Crippen LogP contribution in [0.3, 0.4) is 0 Å². The van der Waals surface area contributed by atoms with Crippen molar-refractivity contribution in [2.24, 2.45) is 11.8 Å². The molecule has 290 valence electrons. The van der Waals surface area contributed by atoms with Crippen molar-refractivity contribution >= 4 is 35.1 Å². The number of hydrogen-bond donors (Lipinski definition) is 1. The molecule has 3 aliphatic heterocycles. The van der Waals surface area contributed by atoms with Crippen molar-refractivity contribution in [3.63, 3.8) is 0 Å². The van der Waals surface area contributed by atoms with Crippen molar-refractivity contribution < 1.29 is 42.0 Å². The Bertz CT molecular complexity index is 1960. The van der Waals surface area contributed by atoms with Gasteiger partial charge in [0.15, 0.2) is 23.9 Å². The van der Waals surface area contributed by atoms with Crippen molar-refractivity contribution in [1.82, 2.24) is 10.2 Å². The predicted octanol–water partition coefficient (Wildman–Crippen LogP) is 7.63. The van der Waals surface area contributed by atoms with Gasteiger partial charge >= 0.3 is 18.6 Å². The Balaban J connectivity index is 1.10. The topological polar surface area (TPSA) is 113 Å². The van der Waals surface area contributed by atoms with Gasteiger partial charge in [0.1, 0.15) is 28.3 Å². The molecule has 4 fully saturated rings. The highest BCUT2D eigenvalue weighted by Crippen LogP contribution is 2.38. The number of nitrogens with zero attached hydrogens (tertiary/aromatic N) is 2. The summed E-state index contributed by atoms with van der Waals surface area (Å²) in [6, 6.07) is 19.8. The highest BCUT2D eigenvalue weighted by Gasteiger charge is 2.38. The molecule has 4 aliphatic rings. The van der Waals surface area contributed by atoms with Crippen LogP contribution in [0, 0.1) is 17.0 Å². The van der Waals surface area contributed by atoms with Crippen LogP contribution in [0.2, 0.25) is 10.0 Å². The number of carbonyl (C=O) groups is 2. The number of esters is 2. The third-order valence-corrected chi connectivity index (χ3v) is 11.0. The number of rotatable bonds is 16. The number of halogens is 4. The first-order valence-electron chi connectivity index (χ1n) is 18.4. The number of piperidine rings is 3. The summed E-state index contributed by atoms with van der Waals surface area (Å²) in [6.45, 7) is 0.281. The molecule has 1 unspecified atom stereocenters. The van der Waals surface area contributed by atoms with E-state index < -0.39 is 24.7 Å². The maximum absolute atomic E-state index is 13.9. The van der Waals surface area contributed by atoms with Gasteiger partial charge in [0.25, 0.3) is 0 Å². The average Bonchev–Trinajstić information content (AvgIpc) is 4.01. The first-order chi connectivity index (χ1) is 26.6. The van der Waals surface area contributed by atoms with Crippen molar-refractivity contribution in [2.75, 3.05) is 26.2 Å². The van der Waals surface area contributed by atoms with Gasteiger partial charge in [-0.2, -0.15) is 13.5 Å². The fraction of sp³-hybridized carbons (Fsp3) is 0.390. The third kappa shape index (κ3) is 10.0. The number of pyridine rings is 1. The van der Waals surface area contributed by atoms with E-state index in [0.717, 1.165) is 63.3 Å². The number of carbonyl (C=O) groups excluding carboxylic acids is 2. The zero-order valence-corrected chi connectivity index (χ0v) is 31.4. The number of ether oxygens (including phenoxy) is 4. The van der Waals surface area contributed by atoms with Gasteiger partial charge in [0.2, 0.25) is 0 Å². The van der Waals surface area contributed by atoms with Crippen LogP contribution in [0.5, 0.6) is 11.5 Å². The molecular formula is C41H41Cl2F2N3O7. The van der Waals surface area contributed by atoms with Crippen LogP contribution in [0.15, 0.2) is 85.2 Å². The van der Waals surface area contributed by atoms with Gasteiger partial charge in [0.05, 0.1) is 12.2 Å². The molecule has 14 heteroatoms. The smallest absolute Gasteiger partial charge is 0.387 e. The van der Waals surface area contributed by atoms with E-state index in [1.165, 1.54) is 18.2 Å². The number of benzene rings is 3. The number of hydrogen-bond acceptors (Lipinski definition) is 9. The lowest BCUT2D eigenvalue weighted by atomic mass is 9.86. The lowest BCUT2D eigenvalue weighted by Gasteiger charge is -2.44. The first-order valence-corrected chi connectivity index (χ1v) is 19.1. The van der Waals surface area contributed by atoms with Gasteiger partial charge in [-0.3, -0.25) is 10.2 Å². The molecule has 0 amide bonds. The predicted molar refractivity (Wildman–Crippen MR) is 200 cm³/mol. The van der Waals surface area contributed by atoms with E-state index in [1.807, 2.05) is 36.4 Å². The SMILES string of the molecule is O=C(O[C@@H](Cc1c(Cl)c[n+]([O-])cc1Cl)c1ccc(OC(F)F)c(OCC2CC2)c1)c1cccc(CNC(C(=O)O[C@H]2CN3CCC2CC3)c2ccccc2)c1. The fourth-order valence-corrected chi connectivity index (χ4v) is 7.73. The molecule has 4 heterocycles. The summed E-state index contributed by atoms with van der Waals surface area (Å²) in [4.78, 5) is 29.9. The molecule has 1 saturated carbocycles. The van der Waals surface area contributed by atoms with E-state index >= 15 is 0 Å². The summed E-state index contributed by atoms with van der Waals surface area (Å²) < 4.78 is 49.8. The summed E-state index contributed by atoms with van der Waals surface area (Å²) >= 11 is 12.9. The zero-order chi connectivity index (χ0) is 38.5. The maximum atomic E-state index is 13.9. The van der Waals surface area contributed by atoms with Gasteiger partial charge in [-0.15, -0.1) is 0 Å². The average molecular weight is 797 g/mol. The molecule has 3 aromatic carbocycles. The minimum atomic E-state index is -3.08. The standard InChI is InChI=1S/C41H41Cl2F2N3O7/c42-32-21-48(51)22-33(43)31(32)19-35(29-11-12-34(55-41(44)45)36(18-29)52-24-25-9-10-25)53-39(49)30-8-4-5-26(17-30)20-46-38(28-6-2-1-3-7-28)40(50)54-37-23-47-15-13-27(37)14-16-47/h1-8,11-12,17-18,21-22,25,27,35,37-38,41,46H,9-10,13-16,19-20,23-24H2/t35-,37-,38?/m0/s1. The molecule has 10 nitrogen and oxygen atoms in total. The Labute approximate surface area is 327 Å². The number of alkyl halides is 2. The van der Waals surface area contributed by atoms with Crippen LogP contribution >= 0.6 is 23.2 Å². The second kappa shape index (κ2) is 17.5. The van der Waals surface area contributed by atoms with Crippen LogP contribution in [0.25, 0.3) is 0 Å². The highest BCUT2D eigenvalue weighted by atomic mass is 35.5. The third-order valence-electron chi connectivity index (χ3n) is 10.3. The molecular weight excluding hydrogens is 755 g/mol. The van der Waals surface area contributed by atoms with Gasteiger partial charge in [-0.25, -0.2) is 9.59 Å². The molecule has 8 rings (SSSR count). The van der Waals surface area contributed by atoms with Gasteiger partial charge in [-0.1, -0.05) is 71.7 Å². The minimum Gasteiger partial charge on any atom is -0.619 e. The van der Waals surface area contributed by atoms with Crippen LogP contribution in [0.4, 0.5) is 8.78 Å². The van der Waals surface area contributed by atoms with E-state index in [0.29, 0.717) is 39.9 Å². The normalized spacial score (nSPS) is 20.1. The molecule has 1 aliphatic carbocycles. The van der Waals surface area contributed by atoms with E-state index in [9.17, 15) is 23.6 Å². The summed E-state index contributed by atoms with van der Waals surface area (Å²) in [7, 11) is 0. The van der Waals surface area contributed by atoms with Crippen LogP contribution in [-0.2, 0) is 27.2 Å². The fourth-order valence-electron chi connectivity index (χ4n) is 7.13. The number of fused-ring (bicyclic) bond motifs is 3. The van der Waals surface area contributed by atoms with Gasteiger partial charge < -0.3 is 24.2 Å². The van der Waals surface area contributed by atoms with Gasteiger partial charge in [0, 0.05) is 25.1 Å². The maximum Gasteiger partial charge on any atom is 0.387 e. The molecule has 0 spiro atoms. The van der Waals surface area contributed by atoms with Crippen LogP contribution in [-0.4, -0.2) is 55.8 Å². The summed E-state index contributed by atoms with van der Waals surface area (Å²) in [5.74, 6) is -0.452. The second-order valence-electron chi connectivity index (χ2n) is 14.3. The quantitative estimate of drug-likeness (QED) is 0.0695. The van der Waals surface area contributed by atoms with Crippen LogP contribution < -0.4 is 19.5 Å². The highest BCUT2D eigenvalue weighted by molar-refractivity contribution is 6.35. The summed E-state index contributed by atoms with van der Waals surface area (Å²) in [5, 5.41) is 15.4. The monoisotopic (exact) mass is 795 g/mol. The van der Waals surface area contributed by atoms with E-state index in [4.69, 9.17) is 42.1 Å². The molecule has 3 saturated heterocycles. The molecule has 4 aromatic rings. The van der Waals surface area contributed by atoms with Crippen molar-refractivity contribution in [3.8, 4) is 11.5 Å². The first kappa shape index (κ1) is 38.8. The Morgan fingerprint density at radius 1 is 0.909 bits per heavy atom. The zero-order valence-electron chi connectivity index (χ0n) is 29.9. The van der Waals surface area contributed by atoms with E-state index in [1.54, 1.807) is 18.2 Å². The molecule has 1 aromatic heterocycles. The number of nitrogens with one attached hydrogen (secondary N) is 1. The summed E-state index contributed by atoms with van der Waals surface area (Å²) in [5.41, 5.74) is 2.44. The van der Waals surface area contributed by atoms with E-state index in [2.05, 4.69) is 10.2 Å². The molecule has 55 heavy (non-hydrogen) atoms. The molecule has 2 bridgehead atoms. The lowest BCUT2D eigenvalue weighted by molar-refractivity contribution is -0.605. The van der Waals surface area contributed by atoms with Crippen molar-refractivity contribution in [2.45, 2.75) is 63.5 Å². The summed E-state index contributed by atoms with van der Waals surface area (Å²) in [6.07, 6.45) is 5.01. The minimum absolute atomic E-state index is 0.0525. The van der Waals surface area contributed by atoms with E-state index in [-0.39, 0.29) is 52.1 Å². The molecule has 3 atom stereocenters. The molecule has 1 N–H and O–H groups in total. The Morgan fingerprint density at radius 3 is 2.33 bits per heavy atom. The lowest BCUT2D eigenvalue weighted by Crippen LogP contribution is -2.52. The molecule has 0 radical (unpaired) electrons.